The van der Waals surface area contributed by atoms with Crippen molar-refractivity contribution in [1.29, 1.82) is 0 Å². The average Bonchev–Trinajstić information content (AvgIpc) is 2.90. The third kappa shape index (κ3) is 9.51. The van der Waals surface area contributed by atoms with Gasteiger partial charge in [0, 0.05) is 0 Å². The summed E-state index contributed by atoms with van der Waals surface area (Å²) in [6.45, 7) is 0. The van der Waals surface area contributed by atoms with Gasteiger partial charge in [0.25, 0.3) is 0 Å². The van der Waals surface area contributed by atoms with Crippen molar-refractivity contribution in [3.8, 4) is 0 Å². The van der Waals surface area contributed by atoms with E-state index >= 15 is 0 Å². The fourth-order valence-corrected chi connectivity index (χ4v) is 8.27. The van der Waals surface area contributed by atoms with Crippen molar-refractivity contribution in [2.45, 2.75) is 32.4 Å². The minimum absolute atomic E-state index is 0.0458. The summed E-state index contributed by atoms with van der Waals surface area (Å²) in [6.07, 6.45) is 0.0916. The number of rotatable bonds is 10. The first-order chi connectivity index (χ1) is 18.8. The zero-order valence-corrected chi connectivity index (χ0v) is 29.2. The fraction of sp³-hybridized carbons (Fsp3) is 0.0714. The van der Waals surface area contributed by atoms with Gasteiger partial charge in [0.2, 0.25) is 0 Å². The monoisotopic (exact) mass is 825 g/mol. The van der Waals surface area contributed by atoms with E-state index in [1.165, 1.54) is 0 Å². The first-order valence-corrected chi connectivity index (χ1v) is 17.2. The molecule has 0 radical (unpaired) electrons. The van der Waals surface area contributed by atoms with E-state index in [0.717, 1.165) is 48.6 Å². The van der Waals surface area contributed by atoms with Gasteiger partial charge in [0.15, 0.2) is 0 Å². The molecule has 0 aliphatic carbocycles. The van der Waals surface area contributed by atoms with Gasteiger partial charge in [-0.05, 0) is 0 Å². The van der Waals surface area contributed by atoms with Crippen LogP contribution < -0.4 is 0 Å². The van der Waals surface area contributed by atoms with E-state index in [2.05, 4.69) is 63.7 Å². The molecular formula is C28H18AlBr4O4S2+. The van der Waals surface area contributed by atoms with Gasteiger partial charge in [-0.25, -0.2) is 0 Å². The molecule has 0 saturated heterocycles. The molecule has 4 aromatic rings. The third-order valence-electron chi connectivity index (χ3n) is 5.13. The number of carbonyl (C=O) groups is 2. The summed E-state index contributed by atoms with van der Waals surface area (Å²) in [7, 11) is 0. The molecule has 0 atom stereocenters. The molecule has 4 aromatic carbocycles. The Kier molecular flexibility index (Phi) is 12.1. The Labute approximate surface area is 275 Å². The summed E-state index contributed by atoms with van der Waals surface area (Å²) >= 11 is 16.2. The van der Waals surface area contributed by atoms with Gasteiger partial charge in [-0.3, -0.25) is 0 Å². The van der Waals surface area contributed by atoms with Crippen LogP contribution in [0.4, 0.5) is 0 Å². The third-order valence-corrected chi connectivity index (χ3v) is 11.3. The predicted molar refractivity (Wildman–Crippen MR) is 170 cm³/mol. The fourth-order valence-electron chi connectivity index (χ4n) is 3.40. The van der Waals surface area contributed by atoms with Gasteiger partial charge in [0.05, 0.1) is 0 Å². The van der Waals surface area contributed by atoms with E-state index in [1.807, 2.05) is 84.9 Å². The first-order valence-electron chi connectivity index (χ1n) is 11.4. The molecule has 11 heteroatoms. The molecule has 39 heavy (non-hydrogen) atoms. The van der Waals surface area contributed by atoms with Gasteiger partial charge in [-0.1, -0.05) is 0 Å². The van der Waals surface area contributed by atoms with E-state index in [1.54, 1.807) is 23.5 Å². The van der Waals surface area contributed by atoms with Crippen LogP contribution >= 0.6 is 87.2 Å². The second kappa shape index (κ2) is 15.3. The maximum absolute atomic E-state index is 12.6. The molecule has 4 rings (SSSR count). The van der Waals surface area contributed by atoms with Crippen molar-refractivity contribution in [1.82, 2.24) is 0 Å². The molecule has 0 heterocycles. The van der Waals surface area contributed by atoms with Crippen molar-refractivity contribution in [2.24, 2.45) is 0 Å². The molecule has 0 aromatic heterocycles. The molecule has 0 saturated carbocycles. The standard InChI is InChI=1S/2C14H10Br2O2S.Al/c2*15-10-6-9(7-13(17)18)14(16)12(8-10)19-11-4-2-1-3-5-11;/h2*1-6,8H,7H2,(H,17,18);/q;;+3/p-2. The van der Waals surface area contributed by atoms with Crippen molar-refractivity contribution in [2.75, 3.05) is 0 Å². The molecule has 0 N–H and O–H groups in total. The summed E-state index contributed by atoms with van der Waals surface area (Å²) in [5.74, 6) is -0.921. The minimum atomic E-state index is -1.28. The molecule has 0 bridgehead atoms. The van der Waals surface area contributed by atoms with E-state index in [-0.39, 0.29) is 12.8 Å². The van der Waals surface area contributed by atoms with Gasteiger partial charge in [-0.15, -0.1) is 0 Å². The number of hydrogen-bond donors (Lipinski definition) is 0. The Morgan fingerprint density at radius 2 is 1.00 bits per heavy atom. The Bertz CT molecular complexity index is 1360. The Hall–Kier alpha value is -1.03. The summed E-state index contributed by atoms with van der Waals surface area (Å²) in [5.41, 5.74) is 1.56. The number of halogens is 4. The van der Waals surface area contributed by atoms with E-state index in [9.17, 15) is 9.59 Å². The summed E-state index contributed by atoms with van der Waals surface area (Å²) in [4.78, 5) is 29.2. The molecule has 0 aliphatic rings. The second-order valence-corrected chi connectivity index (χ2v) is 14.3. The number of carbonyl (C=O) groups excluding carboxylic acids is 2. The summed E-state index contributed by atoms with van der Waals surface area (Å²) in [6, 6.07) is 27.7. The molecule has 0 spiro atoms. The van der Waals surface area contributed by atoms with Crippen LogP contribution in [0.1, 0.15) is 11.1 Å². The summed E-state index contributed by atoms with van der Waals surface area (Å²) in [5, 5.41) is 0. The molecule has 0 amide bonds. The van der Waals surface area contributed by atoms with Gasteiger partial charge in [-0.2, -0.15) is 0 Å². The van der Waals surface area contributed by atoms with Crippen molar-refractivity contribution >= 4 is 115 Å². The Balaban J connectivity index is 1.31. The molecular weight excluding hydrogens is 811 g/mol. The van der Waals surface area contributed by atoms with Crippen molar-refractivity contribution in [3.05, 3.63) is 114 Å². The van der Waals surface area contributed by atoms with Crippen LogP contribution in [-0.4, -0.2) is 27.8 Å². The molecule has 196 valence electrons. The van der Waals surface area contributed by atoms with Crippen LogP contribution in [-0.2, 0) is 30.0 Å². The van der Waals surface area contributed by atoms with Crippen LogP contribution in [0.2, 0.25) is 0 Å². The number of benzene rings is 4. The Morgan fingerprint density at radius 3 is 1.38 bits per heavy atom. The predicted octanol–water partition coefficient (Wildman–Crippen LogP) is 9.44. The van der Waals surface area contributed by atoms with Crippen LogP contribution in [0.3, 0.4) is 0 Å². The SMILES string of the molecule is O=C(Cc1cc(Br)cc(Sc2ccccc2)c1Br)[O][Al+][O]C(=O)Cc1cc(Br)cc(Sc2ccccc2)c1Br. The van der Waals surface area contributed by atoms with Crippen molar-refractivity contribution in [3.63, 3.8) is 0 Å². The van der Waals surface area contributed by atoms with E-state index in [0.29, 0.717) is 0 Å². The normalized spacial score (nSPS) is 10.6. The van der Waals surface area contributed by atoms with Gasteiger partial charge >= 0.3 is 279 Å². The van der Waals surface area contributed by atoms with Crippen LogP contribution in [0.25, 0.3) is 0 Å². The maximum atomic E-state index is 12.6. The van der Waals surface area contributed by atoms with Gasteiger partial charge in [0.1, 0.15) is 0 Å². The van der Waals surface area contributed by atoms with Crippen molar-refractivity contribution < 1.29 is 17.2 Å². The van der Waals surface area contributed by atoms with E-state index < -0.39 is 27.8 Å². The molecule has 0 aliphatic heterocycles. The van der Waals surface area contributed by atoms with Crippen LogP contribution in [0.5, 0.6) is 0 Å². The number of hydrogen-bond acceptors (Lipinski definition) is 6. The second-order valence-electron chi connectivity index (χ2n) is 8.01. The Morgan fingerprint density at radius 1 is 0.615 bits per heavy atom. The molecule has 4 nitrogen and oxygen atoms in total. The zero-order valence-electron chi connectivity index (χ0n) is 20.0. The summed E-state index contributed by atoms with van der Waals surface area (Å²) < 4.78 is 14.0. The molecule has 0 unspecified atom stereocenters. The topological polar surface area (TPSA) is 52.6 Å². The molecule has 0 fully saturated rings. The van der Waals surface area contributed by atoms with Gasteiger partial charge < -0.3 is 0 Å². The zero-order chi connectivity index (χ0) is 27.8. The van der Waals surface area contributed by atoms with Crippen LogP contribution in [0.15, 0.2) is 122 Å². The van der Waals surface area contributed by atoms with Crippen LogP contribution in [0, 0.1) is 0 Å². The first kappa shape index (κ1) is 30.9. The van der Waals surface area contributed by atoms with E-state index in [4.69, 9.17) is 7.58 Å². The quantitative estimate of drug-likeness (QED) is 0.149. The average molecular weight is 829 g/mol.